The van der Waals surface area contributed by atoms with Gasteiger partial charge in [-0.2, -0.15) is 0 Å². The lowest BCUT2D eigenvalue weighted by molar-refractivity contribution is -0.649. The van der Waals surface area contributed by atoms with Crippen LogP contribution in [0.2, 0.25) is 0 Å². The molecule has 3 heterocycles. The standard InChI is InChI=1S/C16H16N6/c1-20-10-18-16-15(20)12(17-9-21(16)2)8-14-19-11-6-4-5-7-13(11)22(14)3/h4-10H,1-3H3/p+1. The molecule has 0 atom stereocenters. The van der Waals surface area contributed by atoms with E-state index in [-0.39, 0.29) is 0 Å². The number of benzene rings is 1. The third-order valence-corrected chi connectivity index (χ3v) is 4.03. The van der Waals surface area contributed by atoms with Crippen LogP contribution >= 0.6 is 0 Å². The van der Waals surface area contributed by atoms with Crippen molar-refractivity contribution in [1.82, 2.24) is 14.5 Å². The van der Waals surface area contributed by atoms with Crippen molar-refractivity contribution in [3.05, 3.63) is 48.4 Å². The number of aromatic nitrogens is 4. The molecule has 1 aliphatic heterocycles. The molecule has 4 rings (SSSR count). The number of aryl methyl sites for hydroxylation is 2. The first-order chi connectivity index (χ1) is 10.6. The molecular formula is C16H17N6+. The van der Waals surface area contributed by atoms with E-state index in [0.29, 0.717) is 0 Å². The smallest absolute Gasteiger partial charge is 0.291 e. The maximum Gasteiger partial charge on any atom is 0.291 e. The molecule has 0 saturated carbocycles. The average molecular weight is 293 g/mol. The van der Waals surface area contributed by atoms with E-state index in [1.807, 2.05) is 48.7 Å². The second-order valence-corrected chi connectivity index (χ2v) is 5.50. The van der Waals surface area contributed by atoms with Gasteiger partial charge in [0.25, 0.3) is 5.65 Å². The van der Waals surface area contributed by atoms with Gasteiger partial charge < -0.3 is 14.8 Å². The first kappa shape index (κ1) is 12.8. The highest BCUT2D eigenvalue weighted by Gasteiger charge is 2.22. The van der Waals surface area contributed by atoms with Crippen LogP contribution in [0.1, 0.15) is 5.69 Å². The number of para-hydroxylation sites is 2. The van der Waals surface area contributed by atoms with Gasteiger partial charge in [-0.15, -0.1) is 4.98 Å². The highest BCUT2D eigenvalue weighted by Crippen LogP contribution is 2.35. The van der Waals surface area contributed by atoms with E-state index in [1.54, 1.807) is 6.33 Å². The Bertz CT molecular complexity index is 908. The lowest BCUT2D eigenvalue weighted by Crippen LogP contribution is -2.30. The van der Waals surface area contributed by atoms with Crippen LogP contribution in [0, 0.1) is 0 Å². The van der Waals surface area contributed by atoms with Crippen LogP contribution in [0.5, 0.6) is 0 Å². The molecule has 22 heavy (non-hydrogen) atoms. The van der Waals surface area contributed by atoms with E-state index in [4.69, 9.17) is 0 Å². The van der Waals surface area contributed by atoms with Crippen LogP contribution in [0.15, 0.2) is 42.7 Å². The molecule has 2 aromatic heterocycles. The fraction of sp³-hybridized carbons (Fsp3) is 0.188. The number of hydrogen-bond acceptors (Lipinski definition) is 4. The summed E-state index contributed by atoms with van der Waals surface area (Å²) in [6, 6.07) is 8.24. The minimum atomic E-state index is 0.898. The van der Waals surface area contributed by atoms with Crippen molar-refractivity contribution in [3.8, 4) is 0 Å². The summed E-state index contributed by atoms with van der Waals surface area (Å²) in [4.78, 5) is 11.1. The minimum Gasteiger partial charge on any atom is -0.340 e. The van der Waals surface area contributed by atoms with Crippen molar-refractivity contribution in [1.29, 1.82) is 0 Å². The van der Waals surface area contributed by atoms with Crippen LogP contribution in [0.4, 0.5) is 11.4 Å². The third kappa shape index (κ3) is 1.77. The zero-order valence-electron chi connectivity index (χ0n) is 12.8. The van der Waals surface area contributed by atoms with Crippen LogP contribution in [-0.4, -0.2) is 21.6 Å². The molecule has 0 fully saturated rings. The molecule has 1 N–H and O–H groups in total. The summed E-state index contributed by atoms with van der Waals surface area (Å²) in [7, 11) is 5.99. The Morgan fingerprint density at radius 2 is 2.00 bits per heavy atom. The summed E-state index contributed by atoms with van der Waals surface area (Å²) >= 11 is 0. The van der Waals surface area contributed by atoms with Gasteiger partial charge >= 0.3 is 0 Å². The van der Waals surface area contributed by atoms with Crippen LogP contribution in [0.25, 0.3) is 17.2 Å². The summed E-state index contributed by atoms with van der Waals surface area (Å²) in [6.45, 7) is 0. The summed E-state index contributed by atoms with van der Waals surface area (Å²) in [6.07, 6.45) is 5.67. The lowest BCUT2D eigenvalue weighted by atomic mass is 10.3. The maximum atomic E-state index is 4.56. The van der Waals surface area contributed by atoms with E-state index < -0.39 is 0 Å². The van der Waals surface area contributed by atoms with Crippen molar-refractivity contribution in [3.63, 3.8) is 0 Å². The average Bonchev–Trinajstić information content (AvgIpc) is 3.05. The van der Waals surface area contributed by atoms with Crippen molar-refractivity contribution < 1.29 is 4.57 Å². The van der Waals surface area contributed by atoms with Gasteiger partial charge in [-0.3, -0.25) is 0 Å². The molecule has 0 aliphatic carbocycles. The molecule has 0 unspecified atom stereocenters. The van der Waals surface area contributed by atoms with Crippen LogP contribution < -0.4 is 14.8 Å². The minimum absolute atomic E-state index is 0.898. The number of hydrogen-bond donors (Lipinski definition) is 1. The predicted octanol–water partition coefficient (Wildman–Crippen LogP) is 1.65. The summed E-state index contributed by atoms with van der Waals surface area (Å²) < 4.78 is 3.93. The summed E-state index contributed by atoms with van der Waals surface area (Å²) in [5, 5.41) is 3.43. The van der Waals surface area contributed by atoms with Gasteiger partial charge in [-0.25, -0.2) is 4.57 Å². The van der Waals surface area contributed by atoms with E-state index in [2.05, 4.69) is 38.4 Å². The quantitative estimate of drug-likeness (QED) is 0.693. The fourth-order valence-electron chi connectivity index (χ4n) is 2.83. The maximum absolute atomic E-state index is 4.56. The number of anilines is 2. The number of nitrogens with zero attached hydrogens (tertiary/aromatic N) is 5. The number of rotatable bonds is 1. The van der Waals surface area contributed by atoms with Crippen molar-refractivity contribution in [2.24, 2.45) is 14.1 Å². The van der Waals surface area contributed by atoms with E-state index >= 15 is 0 Å². The number of fused-ring (bicyclic) bond motifs is 2. The van der Waals surface area contributed by atoms with Crippen LogP contribution in [0.3, 0.4) is 0 Å². The second kappa shape index (κ2) is 4.56. The molecule has 3 aromatic rings. The monoisotopic (exact) mass is 293 g/mol. The van der Waals surface area contributed by atoms with E-state index in [1.165, 1.54) is 0 Å². The molecule has 6 nitrogen and oxygen atoms in total. The first-order valence-corrected chi connectivity index (χ1v) is 7.12. The lowest BCUT2D eigenvalue weighted by Gasteiger charge is -2.12. The van der Waals surface area contributed by atoms with Crippen molar-refractivity contribution in [2.45, 2.75) is 0 Å². The van der Waals surface area contributed by atoms with Gasteiger partial charge in [-0.05, 0) is 12.1 Å². The van der Waals surface area contributed by atoms with Gasteiger partial charge in [0.15, 0.2) is 17.5 Å². The normalized spacial score (nSPS) is 15.4. The Morgan fingerprint density at radius 1 is 1.18 bits per heavy atom. The van der Waals surface area contributed by atoms with Crippen molar-refractivity contribution in [2.75, 3.05) is 17.3 Å². The van der Waals surface area contributed by atoms with Gasteiger partial charge in [0.05, 0.1) is 18.4 Å². The van der Waals surface area contributed by atoms with Crippen LogP contribution in [-0.2, 0) is 14.1 Å². The Hall–Kier alpha value is -2.89. The number of imidazole rings is 1. The topological polar surface area (TPSA) is 49.9 Å². The molecule has 0 radical (unpaired) electrons. The molecule has 110 valence electrons. The molecule has 0 spiro atoms. The zero-order valence-corrected chi connectivity index (χ0v) is 12.8. The van der Waals surface area contributed by atoms with Gasteiger partial charge in [-0.1, -0.05) is 17.1 Å². The number of nitrogens with one attached hydrogen (secondary N) is 1. The molecule has 1 aliphatic rings. The Kier molecular flexibility index (Phi) is 2.66. The largest absolute Gasteiger partial charge is 0.340 e. The van der Waals surface area contributed by atoms with Crippen molar-refractivity contribution >= 4 is 28.6 Å². The molecule has 1 aromatic carbocycles. The van der Waals surface area contributed by atoms with E-state index in [0.717, 1.165) is 34.1 Å². The molecule has 0 amide bonds. The first-order valence-electron chi connectivity index (χ1n) is 7.12. The third-order valence-electron chi connectivity index (χ3n) is 4.03. The van der Waals surface area contributed by atoms with Gasteiger partial charge in [0.2, 0.25) is 6.33 Å². The molecule has 6 heteroatoms. The Morgan fingerprint density at radius 3 is 2.82 bits per heavy atom. The fourth-order valence-corrected chi connectivity index (χ4v) is 2.83. The Balaban J connectivity index is 1.85. The molecule has 0 saturated heterocycles. The summed E-state index contributed by atoms with van der Waals surface area (Å²) in [5.41, 5.74) is 5.11. The highest BCUT2D eigenvalue weighted by atomic mass is 15.3. The SMILES string of the molecule is CN1C(=Cc2nc[n+](C)c3ncn(C)c23)Nc2ccccc21. The predicted molar refractivity (Wildman–Crippen MR) is 86.1 cm³/mol. The second-order valence-electron chi connectivity index (χ2n) is 5.50. The highest BCUT2D eigenvalue weighted by molar-refractivity contribution is 5.86. The zero-order chi connectivity index (χ0) is 15.3. The van der Waals surface area contributed by atoms with Gasteiger partial charge in [0, 0.05) is 20.2 Å². The molecule has 0 bridgehead atoms. The van der Waals surface area contributed by atoms with E-state index in [9.17, 15) is 0 Å². The summed E-state index contributed by atoms with van der Waals surface area (Å²) in [5.74, 6) is 1.00. The Labute approximate surface area is 128 Å². The molecular weight excluding hydrogens is 276 g/mol. The van der Waals surface area contributed by atoms with Gasteiger partial charge in [0.1, 0.15) is 5.82 Å².